The summed E-state index contributed by atoms with van der Waals surface area (Å²) in [5.74, 6) is -0.647. The average molecular weight is 240 g/mol. The van der Waals surface area contributed by atoms with Crippen LogP contribution in [-0.4, -0.2) is 40.1 Å². The number of hydrogen-bond donors (Lipinski definition) is 2. The van der Waals surface area contributed by atoms with E-state index in [0.29, 0.717) is 18.6 Å². The van der Waals surface area contributed by atoms with Gasteiger partial charge < -0.3 is 10.8 Å². The number of nitrogens with zero attached hydrogens (tertiary/aromatic N) is 1. The largest absolute Gasteiger partial charge is 0.480 e. The summed E-state index contributed by atoms with van der Waals surface area (Å²) in [6.45, 7) is 4.88. The SMILES string of the molecule is C[C@@H]1CCC[C@H](C)N1CC(N)(C(=O)O)C1CC1. The number of hydrogen-bond acceptors (Lipinski definition) is 3. The second-order valence-electron chi connectivity index (χ2n) is 5.92. The van der Waals surface area contributed by atoms with E-state index in [1.165, 1.54) is 6.42 Å². The summed E-state index contributed by atoms with van der Waals surface area (Å²) >= 11 is 0. The molecule has 0 aromatic heterocycles. The van der Waals surface area contributed by atoms with Crippen LogP contribution in [0.5, 0.6) is 0 Å². The molecule has 2 fully saturated rings. The van der Waals surface area contributed by atoms with Crippen LogP contribution in [0.3, 0.4) is 0 Å². The van der Waals surface area contributed by atoms with E-state index < -0.39 is 11.5 Å². The third-order valence-corrected chi connectivity index (χ3v) is 4.52. The van der Waals surface area contributed by atoms with E-state index in [2.05, 4.69) is 18.7 Å². The lowest BCUT2D eigenvalue weighted by Gasteiger charge is -2.43. The molecule has 98 valence electrons. The van der Waals surface area contributed by atoms with Crippen molar-refractivity contribution in [3.8, 4) is 0 Å². The first-order valence-corrected chi connectivity index (χ1v) is 6.73. The second-order valence-corrected chi connectivity index (χ2v) is 5.92. The van der Waals surface area contributed by atoms with Crippen molar-refractivity contribution in [3.05, 3.63) is 0 Å². The maximum atomic E-state index is 11.4. The van der Waals surface area contributed by atoms with Crippen molar-refractivity contribution >= 4 is 5.97 Å². The Morgan fingerprint density at radius 3 is 2.24 bits per heavy atom. The van der Waals surface area contributed by atoms with Crippen LogP contribution in [0.2, 0.25) is 0 Å². The van der Waals surface area contributed by atoms with E-state index in [9.17, 15) is 9.90 Å². The number of piperidine rings is 1. The summed E-state index contributed by atoms with van der Waals surface area (Å²) in [5, 5.41) is 9.39. The molecule has 3 N–H and O–H groups in total. The highest BCUT2D eigenvalue weighted by Gasteiger charge is 2.50. The fourth-order valence-corrected chi connectivity index (χ4v) is 3.06. The number of likely N-dealkylation sites (tertiary alicyclic amines) is 1. The number of rotatable bonds is 4. The normalized spacial score (nSPS) is 34.3. The van der Waals surface area contributed by atoms with E-state index >= 15 is 0 Å². The lowest BCUT2D eigenvalue weighted by Crippen LogP contribution is -2.61. The molecule has 0 amide bonds. The van der Waals surface area contributed by atoms with Gasteiger partial charge in [0.05, 0.1) is 0 Å². The minimum absolute atomic E-state index is 0.182. The van der Waals surface area contributed by atoms with Gasteiger partial charge in [0.1, 0.15) is 5.54 Å². The molecule has 0 aromatic rings. The van der Waals surface area contributed by atoms with Gasteiger partial charge in [-0.1, -0.05) is 6.42 Å². The maximum absolute atomic E-state index is 11.4. The Kier molecular flexibility index (Phi) is 3.46. The molecule has 4 nitrogen and oxygen atoms in total. The van der Waals surface area contributed by atoms with Gasteiger partial charge in [0.2, 0.25) is 0 Å². The Hall–Kier alpha value is -0.610. The van der Waals surface area contributed by atoms with Crippen molar-refractivity contribution in [2.45, 2.75) is 63.6 Å². The minimum Gasteiger partial charge on any atom is -0.480 e. The van der Waals surface area contributed by atoms with Crippen LogP contribution in [0.4, 0.5) is 0 Å². The molecule has 0 bridgehead atoms. The first-order valence-electron chi connectivity index (χ1n) is 6.73. The molecule has 1 saturated carbocycles. The highest BCUT2D eigenvalue weighted by Crippen LogP contribution is 2.40. The summed E-state index contributed by atoms with van der Waals surface area (Å²) in [7, 11) is 0. The molecule has 0 radical (unpaired) electrons. The molecule has 17 heavy (non-hydrogen) atoms. The highest BCUT2D eigenvalue weighted by molar-refractivity contribution is 5.79. The Morgan fingerprint density at radius 1 is 1.29 bits per heavy atom. The summed E-state index contributed by atoms with van der Waals surface area (Å²) in [5.41, 5.74) is 5.13. The molecule has 1 unspecified atom stereocenters. The third kappa shape index (κ3) is 2.47. The van der Waals surface area contributed by atoms with Crippen molar-refractivity contribution < 1.29 is 9.90 Å². The molecule has 4 heteroatoms. The van der Waals surface area contributed by atoms with Crippen LogP contribution in [0.1, 0.15) is 46.0 Å². The van der Waals surface area contributed by atoms with Crippen molar-refractivity contribution in [3.63, 3.8) is 0 Å². The molecule has 0 spiro atoms. The summed E-state index contributed by atoms with van der Waals surface area (Å²) in [6, 6.07) is 0.916. The molecule has 1 heterocycles. The van der Waals surface area contributed by atoms with Crippen molar-refractivity contribution in [1.82, 2.24) is 4.90 Å². The van der Waals surface area contributed by atoms with E-state index in [1.807, 2.05) is 0 Å². The Labute approximate surface area is 103 Å². The predicted octanol–water partition coefficient (Wildman–Crippen LogP) is 1.44. The highest BCUT2D eigenvalue weighted by atomic mass is 16.4. The van der Waals surface area contributed by atoms with Gasteiger partial charge in [-0.25, -0.2) is 0 Å². The van der Waals surface area contributed by atoms with Gasteiger partial charge in [-0.15, -0.1) is 0 Å². The molecular formula is C13H24N2O2. The van der Waals surface area contributed by atoms with Crippen LogP contribution in [-0.2, 0) is 4.79 Å². The number of aliphatic carboxylic acids is 1. The van der Waals surface area contributed by atoms with E-state index in [4.69, 9.17) is 5.73 Å². The van der Waals surface area contributed by atoms with Crippen molar-refractivity contribution in [2.75, 3.05) is 6.54 Å². The Morgan fingerprint density at radius 2 is 1.82 bits per heavy atom. The first-order chi connectivity index (χ1) is 7.95. The van der Waals surface area contributed by atoms with E-state index in [-0.39, 0.29) is 5.92 Å². The van der Waals surface area contributed by atoms with Gasteiger partial charge in [-0.3, -0.25) is 9.69 Å². The minimum atomic E-state index is -1.03. The van der Waals surface area contributed by atoms with Gasteiger partial charge in [0.25, 0.3) is 0 Å². The first kappa shape index (κ1) is 12.8. The fourth-order valence-electron chi connectivity index (χ4n) is 3.06. The zero-order valence-corrected chi connectivity index (χ0v) is 10.9. The number of carboxylic acid groups (broad SMARTS) is 1. The molecule has 1 saturated heterocycles. The van der Waals surface area contributed by atoms with E-state index in [0.717, 1.165) is 25.7 Å². The molecule has 0 aromatic carbocycles. The Bertz CT molecular complexity index is 294. The smallest absolute Gasteiger partial charge is 0.325 e. The zero-order valence-electron chi connectivity index (χ0n) is 10.9. The number of carbonyl (C=O) groups is 1. The van der Waals surface area contributed by atoms with Gasteiger partial charge >= 0.3 is 5.97 Å². The quantitative estimate of drug-likeness (QED) is 0.780. The second kappa shape index (κ2) is 4.58. The molecular weight excluding hydrogens is 216 g/mol. The predicted molar refractivity (Wildman–Crippen MR) is 66.8 cm³/mol. The third-order valence-electron chi connectivity index (χ3n) is 4.52. The zero-order chi connectivity index (χ0) is 12.6. The molecule has 3 atom stereocenters. The summed E-state index contributed by atoms with van der Waals surface area (Å²) < 4.78 is 0. The van der Waals surface area contributed by atoms with Crippen LogP contribution in [0.15, 0.2) is 0 Å². The van der Waals surface area contributed by atoms with Gasteiger partial charge in [0, 0.05) is 18.6 Å². The van der Waals surface area contributed by atoms with Crippen LogP contribution >= 0.6 is 0 Å². The van der Waals surface area contributed by atoms with Crippen LogP contribution in [0, 0.1) is 5.92 Å². The summed E-state index contributed by atoms with van der Waals surface area (Å²) in [4.78, 5) is 13.7. The van der Waals surface area contributed by atoms with E-state index in [1.54, 1.807) is 0 Å². The monoisotopic (exact) mass is 240 g/mol. The maximum Gasteiger partial charge on any atom is 0.325 e. The molecule has 2 aliphatic rings. The number of carboxylic acids is 1. The molecule has 2 rings (SSSR count). The lowest BCUT2D eigenvalue weighted by atomic mass is 9.89. The summed E-state index contributed by atoms with van der Waals surface area (Å²) in [6.07, 6.45) is 5.50. The Balaban J connectivity index is 2.08. The lowest BCUT2D eigenvalue weighted by molar-refractivity contribution is -0.145. The molecule has 1 aliphatic heterocycles. The van der Waals surface area contributed by atoms with Gasteiger partial charge in [-0.2, -0.15) is 0 Å². The average Bonchev–Trinajstić information content (AvgIpc) is 3.07. The van der Waals surface area contributed by atoms with Gasteiger partial charge in [-0.05, 0) is 45.4 Å². The fraction of sp³-hybridized carbons (Fsp3) is 0.923. The topological polar surface area (TPSA) is 66.6 Å². The van der Waals surface area contributed by atoms with Gasteiger partial charge in [0.15, 0.2) is 0 Å². The standard InChI is InChI=1S/C13H24N2O2/c1-9-4-3-5-10(2)15(9)8-13(14,12(16)17)11-6-7-11/h9-11H,3-8,14H2,1-2H3,(H,16,17)/t9-,10+,13?. The van der Waals surface area contributed by atoms with Crippen LogP contribution in [0.25, 0.3) is 0 Å². The van der Waals surface area contributed by atoms with Crippen LogP contribution < -0.4 is 5.73 Å². The van der Waals surface area contributed by atoms with Crippen molar-refractivity contribution in [1.29, 1.82) is 0 Å². The number of nitrogens with two attached hydrogens (primary N) is 1. The molecule has 1 aliphatic carbocycles. The van der Waals surface area contributed by atoms with Crippen molar-refractivity contribution in [2.24, 2.45) is 11.7 Å².